The molecule has 0 spiro atoms. The van der Waals surface area contributed by atoms with Gasteiger partial charge in [-0.25, -0.2) is 4.98 Å². The first-order valence-corrected chi connectivity index (χ1v) is 7.33. The van der Waals surface area contributed by atoms with E-state index >= 15 is 0 Å². The Morgan fingerprint density at radius 2 is 2.05 bits per heavy atom. The minimum absolute atomic E-state index is 0.293. The van der Waals surface area contributed by atoms with Crippen LogP contribution in [0.5, 0.6) is 0 Å². The zero-order valence-electron chi connectivity index (χ0n) is 11.3. The van der Waals surface area contributed by atoms with Crippen LogP contribution in [-0.4, -0.2) is 9.55 Å². The number of para-hydroxylation sites is 2. The summed E-state index contributed by atoms with van der Waals surface area (Å²) in [6.45, 7) is 0.651. The smallest absolute Gasteiger partial charge is 0.124 e. The maximum absolute atomic E-state index is 9.00. The molecular formula is C16H13BrN4. The minimum Gasteiger partial charge on any atom is -0.399 e. The molecule has 3 rings (SSSR count). The molecule has 4 nitrogen and oxygen atoms in total. The van der Waals surface area contributed by atoms with Crippen molar-refractivity contribution in [2.45, 2.75) is 13.0 Å². The van der Waals surface area contributed by atoms with Crippen LogP contribution in [0.1, 0.15) is 11.4 Å². The van der Waals surface area contributed by atoms with Gasteiger partial charge in [-0.05, 0) is 29.8 Å². The molecule has 0 aliphatic heterocycles. The topological polar surface area (TPSA) is 67.6 Å². The number of benzene rings is 2. The Balaban J connectivity index is 2.10. The summed E-state index contributed by atoms with van der Waals surface area (Å²) in [5, 5.41) is 9.00. The van der Waals surface area contributed by atoms with Gasteiger partial charge in [0.2, 0.25) is 0 Å². The first-order chi connectivity index (χ1) is 10.2. The maximum atomic E-state index is 9.00. The third-order valence-electron chi connectivity index (χ3n) is 3.38. The van der Waals surface area contributed by atoms with Gasteiger partial charge in [0.15, 0.2) is 0 Å². The Morgan fingerprint density at radius 3 is 2.81 bits per heavy atom. The van der Waals surface area contributed by atoms with E-state index in [1.807, 2.05) is 42.5 Å². The van der Waals surface area contributed by atoms with E-state index in [2.05, 4.69) is 31.6 Å². The van der Waals surface area contributed by atoms with Gasteiger partial charge in [-0.3, -0.25) is 0 Å². The number of hydrogen-bond donors (Lipinski definition) is 1. The molecule has 0 saturated heterocycles. The highest BCUT2D eigenvalue weighted by atomic mass is 79.9. The summed E-state index contributed by atoms with van der Waals surface area (Å²) in [6, 6.07) is 15.9. The van der Waals surface area contributed by atoms with Gasteiger partial charge in [0, 0.05) is 10.2 Å². The number of halogens is 1. The summed E-state index contributed by atoms with van der Waals surface area (Å²) in [7, 11) is 0. The molecule has 1 aromatic heterocycles. The molecule has 0 amide bonds. The Kier molecular flexibility index (Phi) is 3.63. The number of nitrogens with zero attached hydrogens (tertiary/aromatic N) is 3. The van der Waals surface area contributed by atoms with Gasteiger partial charge in [0.05, 0.1) is 30.1 Å². The van der Waals surface area contributed by atoms with Crippen LogP contribution >= 0.6 is 15.9 Å². The summed E-state index contributed by atoms with van der Waals surface area (Å²) in [5.74, 6) is 0.780. The summed E-state index contributed by atoms with van der Waals surface area (Å²) < 4.78 is 3.04. The van der Waals surface area contributed by atoms with Crippen molar-refractivity contribution in [2.24, 2.45) is 0 Å². The summed E-state index contributed by atoms with van der Waals surface area (Å²) in [6.07, 6.45) is 0.293. The molecule has 0 atom stereocenters. The monoisotopic (exact) mass is 340 g/mol. The molecule has 0 unspecified atom stereocenters. The fourth-order valence-electron chi connectivity index (χ4n) is 2.37. The number of imidazole rings is 1. The molecule has 5 heteroatoms. The van der Waals surface area contributed by atoms with Gasteiger partial charge in [0.25, 0.3) is 0 Å². The van der Waals surface area contributed by atoms with Crippen molar-refractivity contribution >= 4 is 32.7 Å². The van der Waals surface area contributed by atoms with Crippen molar-refractivity contribution in [1.82, 2.24) is 9.55 Å². The largest absolute Gasteiger partial charge is 0.399 e. The van der Waals surface area contributed by atoms with E-state index in [4.69, 9.17) is 11.0 Å². The second-order valence-electron chi connectivity index (χ2n) is 4.79. The first kappa shape index (κ1) is 13.7. The van der Waals surface area contributed by atoms with Gasteiger partial charge in [-0.1, -0.05) is 34.1 Å². The molecular weight excluding hydrogens is 328 g/mol. The van der Waals surface area contributed by atoms with Crippen LogP contribution in [-0.2, 0) is 13.0 Å². The molecule has 0 aliphatic rings. The summed E-state index contributed by atoms with van der Waals surface area (Å²) in [5.41, 5.74) is 9.55. The molecule has 2 aromatic carbocycles. The normalized spacial score (nSPS) is 10.7. The van der Waals surface area contributed by atoms with Crippen molar-refractivity contribution in [2.75, 3.05) is 5.73 Å². The van der Waals surface area contributed by atoms with Crippen molar-refractivity contribution in [1.29, 1.82) is 5.26 Å². The SMILES string of the molecule is N#CCc1nc2ccccc2n1Cc1ccc(N)cc1Br. The zero-order valence-corrected chi connectivity index (χ0v) is 12.8. The average molecular weight is 341 g/mol. The predicted octanol–water partition coefficient (Wildman–Crippen LogP) is 3.50. The molecule has 104 valence electrons. The lowest BCUT2D eigenvalue weighted by atomic mass is 10.2. The molecule has 0 saturated carbocycles. The fraction of sp³-hybridized carbons (Fsp3) is 0.125. The van der Waals surface area contributed by atoms with Crippen molar-refractivity contribution in [3.05, 3.63) is 58.3 Å². The summed E-state index contributed by atoms with van der Waals surface area (Å²) in [4.78, 5) is 4.55. The number of nitriles is 1. The van der Waals surface area contributed by atoms with Crippen molar-refractivity contribution < 1.29 is 0 Å². The van der Waals surface area contributed by atoms with Gasteiger partial charge in [-0.15, -0.1) is 0 Å². The molecule has 1 heterocycles. The number of nitrogens with two attached hydrogens (primary N) is 1. The number of rotatable bonds is 3. The van der Waals surface area contributed by atoms with Gasteiger partial charge in [0.1, 0.15) is 5.82 Å². The van der Waals surface area contributed by atoms with Crippen LogP contribution in [0.4, 0.5) is 5.69 Å². The van der Waals surface area contributed by atoms with Crippen LogP contribution in [0.2, 0.25) is 0 Å². The third kappa shape index (κ3) is 2.63. The number of aromatic nitrogens is 2. The molecule has 0 fully saturated rings. The van der Waals surface area contributed by atoms with E-state index < -0.39 is 0 Å². The highest BCUT2D eigenvalue weighted by molar-refractivity contribution is 9.10. The molecule has 0 bridgehead atoms. The van der Waals surface area contributed by atoms with E-state index in [-0.39, 0.29) is 0 Å². The van der Waals surface area contributed by atoms with Crippen LogP contribution in [0.3, 0.4) is 0 Å². The molecule has 0 radical (unpaired) electrons. The van der Waals surface area contributed by atoms with Gasteiger partial charge < -0.3 is 10.3 Å². The highest BCUT2D eigenvalue weighted by Crippen LogP contribution is 2.24. The predicted molar refractivity (Wildman–Crippen MR) is 86.7 cm³/mol. The van der Waals surface area contributed by atoms with Gasteiger partial charge in [-0.2, -0.15) is 5.26 Å². The number of nitrogen functional groups attached to an aromatic ring is 1. The quantitative estimate of drug-likeness (QED) is 0.742. The number of anilines is 1. The average Bonchev–Trinajstić information content (AvgIpc) is 2.80. The Hall–Kier alpha value is -2.32. The van der Waals surface area contributed by atoms with E-state index in [0.29, 0.717) is 13.0 Å². The maximum Gasteiger partial charge on any atom is 0.124 e. The summed E-state index contributed by atoms with van der Waals surface area (Å²) >= 11 is 3.54. The standard InChI is InChI=1S/C16H13BrN4/c17-13-9-12(19)6-5-11(13)10-21-15-4-2-1-3-14(15)20-16(21)7-8-18/h1-6,9H,7,10,19H2. The van der Waals surface area contributed by atoms with Crippen LogP contribution in [0.25, 0.3) is 11.0 Å². The highest BCUT2D eigenvalue weighted by Gasteiger charge is 2.11. The third-order valence-corrected chi connectivity index (χ3v) is 4.11. The molecule has 2 N–H and O–H groups in total. The van der Waals surface area contributed by atoms with Crippen molar-refractivity contribution in [3.8, 4) is 6.07 Å². The van der Waals surface area contributed by atoms with E-state index in [1.165, 1.54) is 0 Å². The Morgan fingerprint density at radius 1 is 1.24 bits per heavy atom. The van der Waals surface area contributed by atoms with Crippen LogP contribution in [0, 0.1) is 11.3 Å². The van der Waals surface area contributed by atoms with Gasteiger partial charge >= 0.3 is 0 Å². The molecule has 0 aliphatic carbocycles. The van der Waals surface area contributed by atoms with E-state index in [1.54, 1.807) is 0 Å². The van der Waals surface area contributed by atoms with E-state index in [9.17, 15) is 0 Å². The lowest BCUT2D eigenvalue weighted by Crippen LogP contribution is -2.05. The van der Waals surface area contributed by atoms with E-state index in [0.717, 1.165) is 32.6 Å². The fourth-order valence-corrected chi connectivity index (χ4v) is 2.89. The second kappa shape index (κ2) is 5.58. The Labute approximate surface area is 131 Å². The second-order valence-corrected chi connectivity index (χ2v) is 5.64. The number of hydrogen-bond acceptors (Lipinski definition) is 3. The molecule has 3 aromatic rings. The Bertz CT molecular complexity index is 845. The zero-order chi connectivity index (χ0) is 14.8. The lowest BCUT2D eigenvalue weighted by molar-refractivity contribution is 0.767. The van der Waals surface area contributed by atoms with Crippen LogP contribution < -0.4 is 5.73 Å². The first-order valence-electron chi connectivity index (χ1n) is 6.54. The lowest BCUT2D eigenvalue weighted by Gasteiger charge is -2.10. The van der Waals surface area contributed by atoms with Crippen LogP contribution in [0.15, 0.2) is 46.9 Å². The molecule has 21 heavy (non-hydrogen) atoms. The number of fused-ring (bicyclic) bond motifs is 1. The minimum atomic E-state index is 0.293. The van der Waals surface area contributed by atoms with Crippen molar-refractivity contribution in [3.63, 3.8) is 0 Å².